The van der Waals surface area contributed by atoms with Crippen LogP contribution in [0.2, 0.25) is 0 Å². The van der Waals surface area contributed by atoms with E-state index in [0.29, 0.717) is 0 Å². The minimum atomic E-state index is -2.03. The van der Waals surface area contributed by atoms with Crippen molar-refractivity contribution in [1.82, 2.24) is 0 Å². The second-order valence-electron chi connectivity index (χ2n) is 12.6. The number of phenolic OH excluding ortho intramolecular Hbond substituents is 3. The third kappa shape index (κ3) is 6.11. The van der Waals surface area contributed by atoms with Crippen molar-refractivity contribution in [2.75, 3.05) is 13.2 Å². The molecule has 3 saturated heterocycles. The molecule has 14 atom stereocenters. The fourth-order valence-corrected chi connectivity index (χ4v) is 6.52. The maximum atomic E-state index is 13.8. The van der Waals surface area contributed by atoms with Crippen molar-refractivity contribution in [3.63, 3.8) is 0 Å². The standard InChI is InChI=1S/C32H38O18/c1-9-19(37)24(42)27(45)32(47-9)50-31-26(44)21(39)15(7-33)49-30(31)17-22(40)16-12(35)6-14(10-2-4-11(34)5-3-10)48-28(16)18(23(17)41)29-25(43)20(38)13(36)8-46-29/h2-6,9,13,15,19-21,24-27,29-34,36-45H,7-8H2,1H3/t9-,13-,15+,19-,20-,21+,24+,25+,26-,27+,29+,30-,31+,32-/m0/s1. The van der Waals surface area contributed by atoms with Crippen LogP contribution in [0.15, 0.2) is 39.5 Å². The lowest BCUT2D eigenvalue weighted by molar-refractivity contribution is -0.338. The van der Waals surface area contributed by atoms with Crippen molar-refractivity contribution in [3.05, 3.63) is 51.7 Å². The van der Waals surface area contributed by atoms with Crippen molar-refractivity contribution in [2.24, 2.45) is 0 Å². The summed E-state index contributed by atoms with van der Waals surface area (Å²) in [6.45, 7) is -0.146. The first-order valence-corrected chi connectivity index (χ1v) is 15.6. The van der Waals surface area contributed by atoms with E-state index in [2.05, 4.69) is 0 Å². The summed E-state index contributed by atoms with van der Waals surface area (Å²) in [7, 11) is 0. The first kappa shape index (κ1) is 36.3. The van der Waals surface area contributed by atoms with E-state index in [-0.39, 0.29) is 17.1 Å². The highest BCUT2D eigenvalue weighted by Crippen LogP contribution is 2.51. The normalized spacial score (nSPS) is 38.0. The molecule has 3 aliphatic rings. The molecule has 0 spiro atoms. The molecule has 3 aromatic rings. The number of benzene rings is 2. The van der Waals surface area contributed by atoms with Crippen LogP contribution in [0.1, 0.15) is 30.3 Å². The summed E-state index contributed by atoms with van der Waals surface area (Å²) in [6, 6.07) is 6.38. The van der Waals surface area contributed by atoms with E-state index in [0.717, 1.165) is 6.07 Å². The van der Waals surface area contributed by atoms with Gasteiger partial charge in [0.25, 0.3) is 0 Å². The number of aliphatic hydroxyl groups is 9. The van der Waals surface area contributed by atoms with Gasteiger partial charge in [-0.2, -0.15) is 0 Å². The minimum Gasteiger partial charge on any atom is -0.508 e. The van der Waals surface area contributed by atoms with E-state index in [1.54, 1.807) is 0 Å². The molecule has 18 nitrogen and oxygen atoms in total. The molecule has 0 aliphatic carbocycles. The van der Waals surface area contributed by atoms with Gasteiger partial charge in [-0.1, -0.05) is 0 Å². The fourth-order valence-electron chi connectivity index (χ4n) is 6.52. The van der Waals surface area contributed by atoms with Gasteiger partial charge in [-0.15, -0.1) is 0 Å². The van der Waals surface area contributed by atoms with Gasteiger partial charge < -0.3 is 84.6 Å². The van der Waals surface area contributed by atoms with Gasteiger partial charge >= 0.3 is 0 Å². The third-order valence-electron chi connectivity index (χ3n) is 9.38. The van der Waals surface area contributed by atoms with Crippen molar-refractivity contribution in [3.8, 4) is 28.6 Å². The average molecular weight is 711 g/mol. The Bertz CT molecular complexity index is 1750. The smallest absolute Gasteiger partial charge is 0.197 e. The van der Waals surface area contributed by atoms with Crippen molar-refractivity contribution in [2.45, 2.75) is 92.6 Å². The Kier molecular flexibility index (Phi) is 10.1. The molecule has 0 radical (unpaired) electrons. The number of phenols is 3. The first-order valence-electron chi connectivity index (χ1n) is 15.6. The Labute approximate surface area is 281 Å². The molecule has 274 valence electrons. The molecule has 4 heterocycles. The van der Waals surface area contributed by atoms with Crippen LogP contribution in [0.4, 0.5) is 0 Å². The lowest BCUT2D eigenvalue weighted by atomic mass is 9.85. The van der Waals surface area contributed by atoms with Crippen LogP contribution in [-0.4, -0.2) is 148 Å². The lowest BCUT2D eigenvalue weighted by Crippen LogP contribution is -2.61. The van der Waals surface area contributed by atoms with Crippen LogP contribution >= 0.6 is 0 Å². The fraction of sp³-hybridized carbons (Fsp3) is 0.531. The molecule has 2 aromatic carbocycles. The Morgan fingerprint density at radius 1 is 0.760 bits per heavy atom. The molecule has 50 heavy (non-hydrogen) atoms. The molecular formula is C32H38O18. The van der Waals surface area contributed by atoms with E-state index < -0.39 is 138 Å². The second kappa shape index (κ2) is 13.9. The van der Waals surface area contributed by atoms with Crippen LogP contribution in [0, 0.1) is 0 Å². The van der Waals surface area contributed by atoms with Crippen LogP contribution in [0.5, 0.6) is 17.2 Å². The van der Waals surface area contributed by atoms with Crippen molar-refractivity contribution >= 4 is 11.0 Å². The number of ether oxygens (including phenoxy) is 4. The maximum Gasteiger partial charge on any atom is 0.197 e. The Balaban J connectivity index is 1.57. The number of fused-ring (bicyclic) bond motifs is 1. The summed E-state index contributed by atoms with van der Waals surface area (Å²) in [6.07, 6.45) is -24.7. The van der Waals surface area contributed by atoms with E-state index in [4.69, 9.17) is 23.4 Å². The number of hydrogen-bond acceptors (Lipinski definition) is 18. The lowest BCUT2D eigenvalue weighted by Gasteiger charge is -2.46. The largest absolute Gasteiger partial charge is 0.508 e. The number of hydrogen-bond donors (Lipinski definition) is 12. The van der Waals surface area contributed by atoms with Gasteiger partial charge in [0.2, 0.25) is 0 Å². The van der Waals surface area contributed by atoms with Gasteiger partial charge in [0.05, 0.1) is 30.4 Å². The predicted octanol–water partition coefficient (Wildman–Crippen LogP) is -2.90. The molecule has 0 saturated carbocycles. The summed E-state index contributed by atoms with van der Waals surface area (Å²) < 4.78 is 28.7. The van der Waals surface area contributed by atoms with Gasteiger partial charge in [0.1, 0.15) is 102 Å². The second-order valence-corrected chi connectivity index (χ2v) is 12.6. The van der Waals surface area contributed by atoms with E-state index >= 15 is 0 Å². The molecule has 3 aliphatic heterocycles. The van der Waals surface area contributed by atoms with E-state index in [1.807, 2.05) is 0 Å². The van der Waals surface area contributed by atoms with Gasteiger partial charge in [-0.3, -0.25) is 4.79 Å². The molecule has 6 rings (SSSR count). The van der Waals surface area contributed by atoms with Crippen molar-refractivity contribution in [1.29, 1.82) is 0 Å². The summed E-state index contributed by atoms with van der Waals surface area (Å²) in [5, 5.41) is 128. The molecule has 3 fully saturated rings. The van der Waals surface area contributed by atoms with E-state index in [9.17, 15) is 66.1 Å². The van der Waals surface area contributed by atoms with Gasteiger partial charge in [-0.25, -0.2) is 0 Å². The average Bonchev–Trinajstić information content (AvgIpc) is 3.08. The summed E-state index contributed by atoms with van der Waals surface area (Å²) >= 11 is 0. The molecule has 18 heteroatoms. The quantitative estimate of drug-likeness (QED) is 0.122. The molecule has 12 N–H and O–H groups in total. The van der Waals surface area contributed by atoms with Crippen molar-refractivity contribution < 1.29 is 84.6 Å². The van der Waals surface area contributed by atoms with Gasteiger partial charge in [0.15, 0.2) is 17.3 Å². The molecule has 0 unspecified atom stereocenters. The Morgan fingerprint density at radius 3 is 2.10 bits per heavy atom. The molecule has 1 aromatic heterocycles. The highest BCUT2D eigenvalue weighted by atomic mass is 16.7. The maximum absolute atomic E-state index is 13.8. The highest BCUT2D eigenvalue weighted by molar-refractivity contribution is 5.92. The van der Waals surface area contributed by atoms with Crippen LogP contribution in [0.3, 0.4) is 0 Å². The van der Waals surface area contributed by atoms with Crippen LogP contribution < -0.4 is 5.43 Å². The first-order chi connectivity index (χ1) is 23.7. The summed E-state index contributed by atoms with van der Waals surface area (Å²) in [5.74, 6) is -2.24. The number of aromatic hydroxyl groups is 3. The monoisotopic (exact) mass is 710 g/mol. The van der Waals surface area contributed by atoms with Crippen LogP contribution in [-0.2, 0) is 18.9 Å². The van der Waals surface area contributed by atoms with E-state index in [1.165, 1.54) is 31.2 Å². The SMILES string of the molecule is C[C@@H]1O[C@@H](O[C@@H]2[C@@H](O)[C@H](O)[C@@H](CO)O[C@H]2c2c(O)c([C@H]3OC[C@H](O)[C@H](O)[C@H]3O)c3oc(-c4ccc(O)cc4)cc(=O)c3c2O)[C@H](O)[C@H](O)[C@H]1O. The van der Waals surface area contributed by atoms with Gasteiger partial charge in [0, 0.05) is 11.6 Å². The van der Waals surface area contributed by atoms with Gasteiger partial charge in [-0.05, 0) is 31.2 Å². The number of aliphatic hydroxyl groups excluding tert-OH is 9. The summed E-state index contributed by atoms with van der Waals surface area (Å²) in [4.78, 5) is 13.8. The molecule has 0 bridgehead atoms. The zero-order valence-electron chi connectivity index (χ0n) is 26.2. The highest BCUT2D eigenvalue weighted by Gasteiger charge is 2.52. The Morgan fingerprint density at radius 2 is 1.44 bits per heavy atom. The molecular weight excluding hydrogens is 672 g/mol. The van der Waals surface area contributed by atoms with Crippen LogP contribution in [0.25, 0.3) is 22.3 Å². The number of rotatable bonds is 6. The predicted molar refractivity (Wildman–Crippen MR) is 164 cm³/mol. The Hall–Kier alpha value is -3.47. The third-order valence-corrected chi connectivity index (χ3v) is 9.38. The minimum absolute atomic E-state index is 0.104. The topological polar surface area (TPSA) is 310 Å². The summed E-state index contributed by atoms with van der Waals surface area (Å²) in [5.41, 5.74) is -2.47. The zero-order valence-corrected chi connectivity index (χ0v) is 26.2. The molecule has 0 amide bonds. The zero-order chi connectivity index (χ0) is 36.3.